The minimum Gasteiger partial charge on any atom is -0.311 e. The van der Waals surface area contributed by atoms with E-state index in [4.69, 9.17) is 23.2 Å². The normalized spacial score (nSPS) is 15.7. The molecule has 0 aliphatic carbocycles. The Morgan fingerprint density at radius 3 is 2.62 bits per heavy atom. The van der Waals surface area contributed by atoms with Gasteiger partial charge in [-0.1, -0.05) is 47.5 Å². The second-order valence-corrected chi connectivity index (χ2v) is 7.22. The smallest absolute Gasteiger partial charge is 0.229 e. The maximum atomic E-state index is 12.9. The minimum atomic E-state index is -0.183. The van der Waals surface area contributed by atoms with E-state index in [2.05, 4.69) is 0 Å². The second-order valence-electron chi connectivity index (χ2n) is 6.44. The van der Waals surface area contributed by atoms with Crippen molar-refractivity contribution in [1.82, 2.24) is 0 Å². The minimum absolute atomic E-state index is 0.00755. The van der Waals surface area contributed by atoms with Gasteiger partial charge in [-0.2, -0.15) is 0 Å². The van der Waals surface area contributed by atoms with Crippen molar-refractivity contribution in [2.24, 2.45) is 0 Å². The van der Waals surface area contributed by atoms with Gasteiger partial charge in [-0.3, -0.25) is 9.59 Å². The Morgan fingerprint density at radius 2 is 1.88 bits per heavy atom. The Balaban J connectivity index is 1.77. The highest BCUT2D eigenvalue weighted by molar-refractivity contribution is 6.44. The van der Waals surface area contributed by atoms with Crippen LogP contribution < -0.4 is 9.80 Å². The third kappa shape index (κ3) is 3.57. The van der Waals surface area contributed by atoms with Crippen LogP contribution in [0.3, 0.4) is 0 Å². The fourth-order valence-electron chi connectivity index (χ4n) is 3.42. The number of nitrogens with zero attached hydrogens (tertiary/aromatic N) is 2. The van der Waals surface area contributed by atoms with E-state index in [0.29, 0.717) is 15.7 Å². The predicted molar refractivity (Wildman–Crippen MR) is 106 cm³/mol. The van der Waals surface area contributed by atoms with E-state index in [9.17, 15) is 9.59 Å². The second kappa shape index (κ2) is 7.68. The Kier molecular flexibility index (Phi) is 5.54. The van der Waals surface area contributed by atoms with Gasteiger partial charge >= 0.3 is 0 Å². The quantitative estimate of drug-likeness (QED) is 0.757. The first kappa shape index (κ1) is 18.7. The topological polar surface area (TPSA) is 40.6 Å². The number of anilines is 2. The van der Waals surface area contributed by atoms with Crippen LogP contribution in [0.1, 0.15) is 25.8 Å². The summed E-state index contributed by atoms with van der Waals surface area (Å²) < 4.78 is 0. The number of amides is 2. The summed E-state index contributed by atoms with van der Waals surface area (Å²) in [6, 6.07) is 13.2. The molecular formula is C20H20Cl2N2O2. The maximum Gasteiger partial charge on any atom is 0.229 e. The molecular weight excluding hydrogens is 371 g/mol. The Morgan fingerprint density at radius 1 is 1.15 bits per heavy atom. The lowest BCUT2D eigenvalue weighted by Gasteiger charge is -2.26. The molecule has 0 N–H and O–H groups in total. The van der Waals surface area contributed by atoms with E-state index in [0.717, 1.165) is 12.1 Å². The average Bonchev–Trinajstić information content (AvgIpc) is 2.94. The van der Waals surface area contributed by atoms with Crippen molar-refractivity contribution in [3.63, 3.8) is 0 Å². The zero-order valence-electron chi connectivity index (χ0n) is 14.7. The number of para-hydroxylation sites is 1. The number of rotatable bonds is 4. The van der Waals surface area contributed by atoms with Gasteiger partial charge in [0.1, 0.15) is 0 Å². The summed E-state index contributed by atoms with van der Waals surface area (Å²) in [6.07, 6.45) is 1.06. The van der Waals surface area contributed by atoms with Crippen LogP contribution in [0.2, 0.25) is 10.0 Å². The third-order valence-electron chi connectivity index (χ3n) is 4.63. The monoisotopic (exact) mass is 390 g/mol. The highest BCUT2D eigenvalue weighted by Crippen LogP contribution is 2.34. The van der Waals surface area contributed by atoms with Crippen molar-refractivity contribution in [3.05, 3.63) is 58.1 Å². The molecule has 0 saturated carbocycles. The molecule has 2 aromatic rings. The molecule has 3 rings (SSSR count). The van der Waals surface area contributed by atoms with Crippen LogP contribution in [0, 0.1) is 0 Å². The number of fused-ring (bicyclic) bond motifs is 1. The Labute approximate surface area is 163 Å². The van der Waals surface area contributed by atoms with Crippen molar-refractivity contribution < 1.29 is 9.59 Å². The first-order valence-corrected chi connectivity index (χ1v) is 9.28. The predicted octanol–water partition coefficient (Wildman–Crippen LogP) is 4.71. The van der Waals surface area contributed by atoms with Crippen LogP contribution in [0.5, 0.6) is 0 Å². The Bertz CT molecular complexity index is 853. The lowest BCUT2D eigenvalue weighted by molar-refractivity contribution is -0.119. The summed E-state index contributed by atoms with van der Waals surface area (Å²) in [4.78, 5) is 28.3. The number of hydrogen-bond acceptors (Lipinski definition) is 2. The Hall–Kier alpha value is -2.04. The van der Waals surface area contributed by atoms with Crippen LogP contribution in [0.15, 0.2) is 42.5 Å². The maximum absolute atomic E-state index is 12.9. The van der Waals surface area contributed by atoms with Gasteiger partial charge in [-0.25, -0.2) is 0 Å². The molecule has 0 bridgehead atoms. The molecule has 1 atom stereocenters. The highest BCUT2D eigenvalue weighted by Gasteiger charge is 2.30. The molecule has 26 heavy (non-hydrogen) atoms. The van der Waals surface area contributed by atoms with Gasteiger partial charge in [0.15, 0.2) is 0 Å². The molecule has 0 radical (unpaired) electrons. The van der Waals surface area contributed by atoms with Crippen LogP contribution in [0.25, 0.3) is 0 Å². The van der Waals surface area contributed by atoms with Crippen LogP contribution >= 0.6 is 23.2 Å². The van der Waals surface area contributed by atoms with E-state index in [1.807, 2.05) is 36.1 Å². The summed E-state index contributed by atoms with van der Waals surface area (Å²) in [5.74, 6) is -0.191. The molecule has 1 unspecified atom stereocenters. The zero-order chi connectivity index (χ0) is 18.8. The fraction of sp³-hybridized carbons (Fsp3) is 0.300. The van der Waals surface area contributed by atoms with Gasteiger partial charge in [-0.15, -0.1) is 0 Å². The van der Waals surface area contributed by atoms with Crippen LogP contribution in [-0.2, 0) is 16.0 Å². The number of carbonyl (C=O) groups is 2. The van der Waals surface area contributed by atoms with Gasteiger partial charge in [0.25, 0.3) is 0 Å². The van der Waals surface area contributed by atoms with Crippen molar-refractivity contribution in [2.45, 2.75) is 32.7 Å². The summed E-state index contributed by atoms with van der Waals surface area (Å²) in [5, 5.41) is 0.695. The number of halogens is 2. The molecule has 136 valence electrons. The van der Waals surface area contributed by atoms with Gasteiger partial charge in [0.05, 0.1) is 15.7 Å². The van der Waals surface area contributed by atoms with Gasteiger partial charge in [0, 0.05) is 31.6 Å². The molecule has 2 aromatic carbocycles. The van der Waals surface area contributed by atoms with Crippen molar-refractivity contribution in [1.29, 1.82) is 0 Å². The molecule has 0 spiro atoms. The summed E-state index contributed by atoms with van der Waals surface area (Å²) in [6.45, 7) is 3.74. The molecule has 0 fully saturated rings. The molecule has 2 amide bonds. The lowest BCUT2D eigenvalue weighted by atomic mass is 10.1. The molecule has 0 aromatic heterocycles. The number of hydrogen-bond donors (Lipinski definition) is 0. The van der Waals surface area contributed by atoms with Crippen molar-refractivity contribution >= 4 is 46.4 Å². The first-order valence-electron chi connectivity index (χ1n) is 8.52. The van der Waals surface area contributed by atoms with Gasteiger partial charge < -0.3 is 9.80 Å². The van der Waals surface area contributed by atoms with Crippen molar-refractivity contribution in [3.8, 4) is 0 Å². The fourth-order valence-corrected chi connectivity index (χ4v) is 3.82. The third-order valence-corrected chi connectivity index (χ3v) is 5.44. The SMILES string of the molecule is CC(=O)N(CCC(=O)N1c2ccccc2CC1C)c1cccc(Cl)c1Cl. The van der Waals surface area contributed by atoms with Gasteiger partial charge in [-0.05, 0) is 37.1 Å². The molecule has 1 heterocycles. The molecule has 0 saturated heterocycles. The van der Waals surface area contributed by atoms with Crippen LogP contribution in [0.4, 0.5) is 11.4 Å². The molecule has 1 aliphatic rings. The van der Waals surface area contributed by atoms with E-state index in [1.54, 1.807) is 18.2 Å². The van der Waals surface area contributed by atoms with Crippen molar-refractivity contribution in [2.75, 3.05) is 16.3 Å². The highest BCUT2D eigenvalue weighted by atomic mass is 35.5. The zero-order valence-corrected chi connectivity index (χ0v) is 16.2. The van der Waals surface area contributed by atoms with E-state index in [1.165, 1.54) is 17.4 Å². The molecule has 4 nitrogen and oxygen atoms in total. The van der Waals surface area contributed by atoms with E-state index < -0.39 is 0 Å². The first-order chi connectivity index (χ1) is 12.4. The largest absolute Gasteiger partial charge is 0.311 e. The molecule has 6 heteroatoms. The molecule has 1 aliphatic heterocycles. The summed E-state index contributed by atoms with van der Waals surface area (Å²) in [7, 11) is 0. The standard InChI is InChI=1S/C20H20Cl2N2O2/c1-13-12-15-6-3-4-8-17(15)24(13)19(26)10-11-23(14(2)25)18-9-5-7-16(21)20(18)22/h3-9,13H,10-12H2,1-2H3. The number of benzene rings is 2. The summed E-state index contributed by atoms with van der Waals surface area (Å²) >= 11 is 12.3. The lowest BCUT2D eigenvalue weighted by Crippen LogP contribution is -2.39. The van der Waals surface area contributed by atoms with E-state index in [-0.39, 0.29) is 30.8 Å². The van der Waals surface area contributed by atoms with Crippen LogP contribution in [-0.4, -0.2) is 24.4 Å². The summed E-state index contributed by atoms with van der Waals surface area (Å²) in [5.41, 5.74) is 2.66. The number of carbonyl (C=O) groups excluding carboxylic acids is 2. The van der Waals surface area contributed by atoms with E-state index >= 15 is 0 Å². The van der Waals surface area contributed by atoms with Gasteiger partial charge in [0.2, 0.25) is 11.8 Å². The average molecular weight is 391 g/mol.